The third kappa shape index (κ3) is 5.03. The van der Waals surface area contributed by atoms with Gasteiger partial charge in [-0.3, -0.25) is 0 Å². The second kappa shape index (κ2) is 10.4. The molecular formula is C29H30F3N9O. The van der Waals surface area contributed by atoms with Crippen molar-refractivity contribution in [2.45, 2.75) is 51.4 Å². The fourth-order valence-electron chi connectivity index (χ4n) is 4.99. The highest BCUT2D eigenvalue weighted by molar-refractivity contribution is 5.89. The lowest BCUT2D eigenvalue weighted by molar-refractivity contribution is -0.140. The summed E-state index contributed by atoms with van der Waals surface area (Å²) in [7, 11) is 5.39. The van der Waals surface area contributed by atoms with Crippen molar-refractivity contribution in [3.05, 3.63) is 59.9 Å². The van der Waals surface area contributed by atoms with E-state index in [-0.39, 0.29) is 11.9 Å². The van der Waals surface area contributed by atoms with Gasteiger partial charge in [-0.2, -0.15) is 18.3 Å². The van der Waals surface area contributed by atoms with Crippen LogP contribution < -0.4 is 9.64 Å². The Kier molecular flexibility index (Phi) is 6.82. The van der Waals surface area contributed by atoms with Crippen LogP contribution in [0.2, 0.25) is 0 Å². The van der Waals surface area contributed by atoms with Crippen LogP contribution in [-0.2, 0) is 12.7 Å². The molecule has 1 fully saturated rings. The minimum atomic E-state index is -4.52. The number of alkyl halides is 3. The molecule has 218 valence electrons. The largest absolute Gasteiger partial charge is 0.480 e. The molecule has 10 nitrogen and oxygen atoms in total. The zero-order valence-electron chi connectivity index (χ0n) is 23.9. The molecule has 0 aliphatic heterocycles. The first-order valence-corrected chi connectivity index (χ1v) is 13.6. The van der Waals surface area contributed by atoms with Gasteiger partial charge in [0.1, 0.15) is 23.5 Å². The molecule has 1 saturated carbocycles. The zero-order valence-corrected chi connectivity index (χ0v) is 23.9. The van der Waals surface area contributed by atoms with Gasteiger partial charge in [0.15, 0.2) is 17.2 Å². The van der Waals surface area contributed by atoms with Crippen LogP contribution in [0.4, 0.5) is 19.0 Å². The van der Waals surface area contributed by atoms with Crippen molar-refractivity contribution in [1.82, 2.24) is 39.3 Å². The Bertz CT molecular complexity index is 1750. The Balaban J connectivity index is 1.38. The molecule has 6 rings (SSSR count). The Hall–Kier alpha value is -4.55. The van der Waals surface area contributed by atoms with Gasteiger partial charge in [-0.15, -0.1) is 0 Å². The number of hydrogen-bond acceptors (Lipinski definition) is 8. The van der Waals surface area contributed by atoms with E-state index in [9.17, 15) is 13.2 Å². The van der Waals surface area contributed by atoms with Crippen molar-refractivity contribution in [3.8, 4) is 28.7 Å². The number of aromatic nitrogens is 8. The molecule has 0 unspecified atom stereocenters. The van der Waals surface area contributed by atoms with Crippen LogP contribution in [0.15, 0.2) is 43.0 Å². The fourth-order valence-corrected chi connectivity index (χ4v) is 4.99. The Morgan fingerprint density at radius 1 is 1.05 bits per heavy atom. The topological polar surface area (TPSA) is 99.7 Å². The summed E-state index contributed by atoms with van der Waals surface area (Å²) < 4.78 is 49.0. The smallest absolute Gasteiger partial charge is 0.434 e. The molecule has 0 spiro atoms. The lowest BCUT2D eigenvalue weighted by Crippen LogP contribution is -2.13. The summed E-state index contributed by atoms with van der Waals surface area (Å²) in [5.74, 6) is 2.17. The van der Waals surface area contributed by atoms with Gasteiger partial charge >= 0.3 is 6.18 Å². The molecule has 13 heteroatoms. The number of nitrogens with zero attached hydrogens (tertiary/aromatic N) is 9. The summed E-state index contributed by atoms with van der Waals surface area (Å²) in [6, 6.07) is 7.10. The van der Waals surface area contributed by atoms with E-state index in [0.29, 0.717) is 46.8 Å². The summed E-state index contributed by atoms with van der Waals surface area (Å²) in [6.45, 7) is 4.04. The second-order valence-electron chi connectivity index (χ2n) is 10.9. The van der Waals surface area contributed by atoms with Crippen LogP contribution in [-0.4, -0.2) is 60.5 Å². The molecule has 1 aliphatic rings. The molecule has 1 aromatic carbocycles. The maximum absolute atomic E-state index is 13.4. The number of imidazole rings is 1. The maximum Gasteiger partial charge on any atom is 0.434 e. The quantitative estimate of drug-likeness (QED) is 0.230. The predicted octanol–water partition coefficient (Wildman–Crippen LogP) is 5.75. The average Bonchev–Trinajstić information content (AvgIpc) is 3.57. The SMILES string of the molecule is COc1ncnc(C2CC2)c1-c1nc(N(C)C)c2cnn(Cc3ccc(-c4nc(C(F)(F)F)cn4C(C)C)cc3)c2n1. The summed E-state index contributed by atoms with van der Waals surface area (Å²) in [5.41, 5.74) is 2.77. The molecule has 1 aliphatic carbocycles. The third-order valence-corrected chi connectivity index (χ3v) is 7.25. The van der Waals surface area contributed by atoms with Gasteiger partial charge in [-0.1, -0.05) is 24.3 Å². The van der Waals surface area contributed by atoms with E-state index in [0.717, 1.165) is 35.7 Å². The van der Waals surface area contributed by atoms with E-state index >= 15 is 0 Å². The van der Waals surface area contributed by atoms with E-state index in [1.54, 1.807) is 30.1 Å². The number of anilines is 1. The molecule has 4 aromatic heterocycles. The molecule has 0 atom stereocenters. The predicted molar refractivity (Wildman–Crippen MR) is 151 cm³/mol. The molecule has 0 bridgehead atoms. The van der Waals surface area contributed by atoms with Crippen LogP contribution >= 0.6 is 0 Å². The van der Waals surface area contributed by atoms with Gasteiger partial charge in [0.25, 0.3) is 0 Å². The molecule has 42 heavy (non-hydrogen) atoms. The standard InChI is InChI=1S/C29H30F3N9O/c1-16(2)40-14-21(29(30,31)32)36-25(40)19-8-6-17(7-9-19)13-41-27-20(12-35-41)26(39(3)4)37-24(38-27)22-23(18-10-11-18)33-15-34-28(22)42-5/h6-9,12,14-16,18H,10-11,13H2,1-5H3. The van der Waals surface area contributed by atoms with E-state index < -0.39 is 11.9 Å². The van der Waals surface area contributed by atoms with Crippen LogP contribution in [0.25, 0.3) is 33.8 Å². The van der Waals surface area contributed by atoms with Gasteiger partial charge in [0, 0.05) is 37.8 Å². The van der Waals surface area contributed by atoms with E-state index in [2.05, 4.69) is 20.1 Å². The van der Waals surface area contributed by atoms with E-state index in [1.807, 2.05) is 45.0 Å². The Labute approximate surface area is 240 Å². The van der Waals surface area contributed by atoms with Gasteiger partial charge in [0.2, 0.25) is 5.88 Å². The van der Waals surface area contributed by atoms with E-state index in [1.165, 1.54) is 10.9 Å². The highest BCUT2D eigenvalue weighted by Crippen LogP contribution is 2.45. The number of hydrogen-bond donors (Lipinski definition) is 0. The summed E-state index contributed by atoms with van der Waals surface area (Å²) in [5, 5.41) is 5.39. The van der Waals surface area contributed by atoms with Crippen molar-refractivity contribution in [3.63, 3.8) is 0 Å². The monoisotopic (exact) mass is 577 g/mol. The number of benzene rings is 1. The summed E-state index contributed by atoms with van der Waals surface area (Å²) >= 11 is 0. The maximum atomic E-state index is 13.4. The van der Waals surface area contributed by atoms with Crippen molar-refractivity contribution in [1.29, 1.82) is 0 Å². The number of methoxy groups -OCH3 is 1. The van der Waals surface area contributed by atoms with Gasteiger partial charge in [-0.05, 0) is 32.3 Å². The average molecular weight is 578 g/mol. The van der Waals surface area contributed by atoms with Crippen LogP contribution in [0.1, 0.15) is 55.6 Å². The molecule has 0 saturated heterocycles. The van der Waals surface area contributed by atoms with E-state index in [4.69, 9.17) is 14.7 Å². The normalized spacial score (nSPS) is 13.7. The highest BCUT2D eigenvalue weighted by Gasteiger charge is 2.35. The lowest BCUT2D eigenvalue weighted by atomic mass is 10.1. The lowest BCUT2D eigenvalue weighted by Gasteiger charge is -2.16. The number of ether oxygens (including phenoxy) is 1. The first-order chi connectivity index (χ1) is 20.0. The van der Waals surface area contributed by atoms with Crippen molar-refractivity contribution in [2.75, 3.05) is 26.1 Å². The summed E-state index contributed by atoms with van der Waals surface area (Å²) in [6.07, 6.45) is 1.87. The first-order valence-electron chi connectivity index (χ1n) is 13.6. The molecular weight excluding hydrogens is 547 g/mol. The Morgan fingerprint density at radius 2 is 1.79 bits per heavy atom. The first kappa shape index (κ1) is 27.6. The van der Waals surface area contributed by atoms with Crippen molar-refractivity contribution in [2.24, 2.45) is 0 Å². The van der Waals surface area contributed by atoms with Crippen molar-refractivity contribution < 1.29 is 17.9 Å². The third-order valence-electron chi connectivity index (χ3n) is 7.25. The number of rotatable bonds is 8. The molecule has 0 radical (unpaired) electrons. The zero-order chi connectivity index (χ0) is 29.8. The molecule has 0 amide bonds. The number of fused-ring (bicyclic) bond motifs is 1. The molecule has 0 N–H and O–H groups in total. The minimum Gasteiger partial charge on any atom is -0.480 e. The summed E-state index contributed by atoms with van der Waals surface area (Å²) in [4.78, 5) is 24.5. The minimum absolute atomic E-state index is 0.187. The van der Waals surface area contributed by atoms with Crippen molar-refractivity contribution >= 4 is 16.9 Å². The molecule has 5 aromatic rings. The van der Waals surface area contributed by atoms with Crippen LogP contribution in [0.5, 0.6) is 5.88 Å². The Morgan fingerprint density at radius 3 is 2.40 bits per heavy atom. The van der Waals surface area contributed by atoms with Gasteiger partial charge in [-0.25, -0.2) is 29.6 Å². The highest BCUT2D eigenvalue weighted by atomic mass is 19.4. The molecule has 4 heterocycles. The van der Waals surface area contributed by atoms with Gasteiger partial charge < -0.3 is 14.2 Å². The van der Waals surface area contributed by atoms with Gasteiger partial charge in [0.05, 0.1) is 30.9 Å². The fraction of sp³-hybridized carbons (Fsp3) is 0.379. The number of halogens is 3. The second-order valence-corrected chi connectivity index (χ2v) is 10.9. The van der Waals surface area contributed by atoms with Crippen LogP contribution in [0.3, 0.4) is 0 Å². The van der Waals surface area contributed by atoms with Crippen LogP contribution in [0, 0.1) is 0 Å².